The first-order valence-electron chi connectivity index (χ1n) is 5.61. The fourth-order valence-electron chi connectivity index (χ4n) is 1.71. The Morgan fingerprint density at radius 1 is 1.31 bits per heavy atom. The van der Waals surface area contributed by atoms with Crippen molar-refractivity contribution in [2.45, 2.75) is 53.4 Å². The monoisotopic (exact) mass is 180 g/mol. The third kappa shape index (κ3) is 6.66. The molecule has 0 nitrogen and oxygen atoms in total. The van der Waals surface area contributed by atoms with Crippen molar-refractivity contribution in [1.29, 1.82) is 0 Å². The SMILES string of the molecule is CC=C=CC(CC)CC(C)CCC. The molecule has 0 saturated heterocycles. The van der Waals surface area contributed by atoms with Crippen molar-refractivity contribution in [2.75, 3.05) is 0 Å². The van der Waals surface area contributed by atoms with E-state index in [0.29, 0.717) is 0 Å². The van der Waals surface area contributed by atoms with Gasteiger partial charge in [-0.1, -0.05) is 33.6 Å². The van der Waals surface area contributed by atoms with Crippen LogP contribution in [0.3, 0.4) is 0 Å². The molecular weight excluding hydrogens is 156 g/mol. The Bertz CT molecular complexity index is 161. The quantitative estimate of drug-likeness (QED) is 0.525. The smallest absolute Gasteiger partial charge is 0.0158 e. The van der Waals surface area contributed by atoms with E-state index >= 15 is 0 Å². The van der Waals surface area contributed by atoms with E-state index in [2.05, 4.69) is 32.6 Å². The summed E-state index contributed by atoms with van der Waals surface area (Å²) in [7, 11) is 0. The second-order valence-electron chi connectivity index (χ2n) is 3.92. The molecule has 0 amide bonds. The minimum Gasteiger partial charge on any atom is -0.130 e. The van der Waals surface area contributed by atoms with Crippen molar-refractivity contribution in [3.8, 4) is 0 Å². The van der Waals surface area contributed by atoms with Gasteiger partial charge < -0.3 is 0 Å². The summed E-state index contributed by atoms with van der Waals surface area (Å²) in [5.41, 5.74) is 3.20. The maximum absolute atomic E-state index is 3.20. The molecule has 2 atom stereocenters. The largest absolute Gasteiger partial charge is 0.130 e. The third-order valence-corrected chi connectivity index (χ3v) is 2.51. The highest BCUT2D eigenvalue weighted by molar-refractivity contribution is 4.88. The Morgan fingerprint density at radius 3 is 2.46 bits per heavy atom. The summed E-state index contributed by atoms with van der Waals surface area (Å²) in [4.78, 5) is 0. The van der Waals surface area contributed by atoms with Gasteiger partial charge in [-0.3, -0.25) is 0 Å². The predicted molar refractivity (Wildman–Crippen MR) is 60.8 cm³/mol. The summed E-state index contributed by atoms with van der Waals surface area (Å²) in [5, 5.41) is 0. The topological polar surface area (TPSA) is 0 Å². The Kier molecular flexibility index (Phi) is 7.83. The zero-order chi connectivity index (χ0) is 10.1. The first-order valence-corrected chi connectivity index (χ1v) is 5.61. The molecule has 0 radical (unpaired) electrons. The van der Waals surface area contributed by atoms with E-state index in [-0.39, 0.29) is 0 Å². The number of allylic oxidation sites excluding steroid dienone is 1. The molecule has 0 aromatic rings. The molecule has 0 aliphatic heterocycles. The zero-order valence-corrected chi connectivity index (χ0v) is 9.64. The van der Waals surface area contributed by atoms with Crippen molar-refractivity contribution in [3.63, 3.8) is 0 Å². The number of hydrogen-bond acceptors (Lipinski definition) is 0. The second-order valence-corrected chi connectivity index (χ2v) is 3.92. The molecule has 0 fully saturated rings. The van der Waals surface area contributed by atoms with Gasteiger partial charge in [0, 0.05) is 0 Å². The van der Waals surface area contributed by atoms with Crippen molar-refractivity contribution < 1.29 is 0 Å². The molecule has 0 heteroatoms. The van der Waals surface area contributed by atoms with Crippen LogP contribution in [0.2, 0.25) is 0 Å². The lowest BCUT2D eigenvalue weighted by Crippen LogP contribution is -2.02. The van der Waals surface area contributed by atoms with Gasteiger partial charge in [0.1, 0.15) is 0 Å². The Balaban J connectivity index is 3.89. The third-order valence-electron chi connectivity index (χ3n) is 2.51. The maximum atomic E-state index is 3.20. The average molecular weight is 180 g/mol. The lowest BCUT2D eigenvalue weighted by atomic mass is 9.91. The van der Waals surface area contributed by atoms with Crippen LogP contribution in [0.4, 0.5) is 0 Å². The summed E-state index contributed by atoms with van der Waals surface area (Å²) in [6.07, 6.45) is 9.46. The van der Waals surface area contributed by atoms with Crippen LogP contribution in [0.5, 0.6) is 0 Å². The molecular formula is C13H24. The lowest BCUT2D eigenvalue weighted by Gasteiger charge is -2.14. The molecule has 0 aliphatic rings. The van der Waals surface area contributed by atoms with E-state index in [1.165, 1.54) is 25.7 Å². The number of rotatable bonds is 6. The van der Waals surface area contributed by atoms with E-state index < -0.39 is 0 Å². The normalized spacial score (nSPS) is 14.5. The fourth-order valence-corrected chi connectivity index (χ4v) is 1.71. The van der Waals surface area contributed by atoms with Crippen LogP contribution in [0, 0.1) is 11.8 Å². The van der Waals surface area contributed by atoms with Gasteiger partial charge in [0.05, 0.1) is 0 Å². The van der Waals surface area contributed by atoms with Gasteiger partial charge in [-0.05, 0) is 43.8 Å². The average Bonchev–Trinajstić information content (AvgIpc) is 2.12. The van der Waals surface area contributed by atoms with Crippen molar-refractivity contribution in [2.24, 2.45) is 11.8 Å². The van der Waals surface area contributed by atoms with E-state index in [9.17, 15) is 0 Å². The molecule has 0 bridgehead atoms. The van der Waals surface area contributed by atoms with Crippen LogP contribution in [-0.4, -0.2) is 0 Å². The van der Waals surface area contributed by atoms with E-state index in [0.717, 1.165) is 11.8 Å². The Hall–Kier alpha value is -0.480. The van der Waals surface area contributed by atoms with Gasteiger partial charge in [-0.2, -0.15) is 0 Å². The summed E-state index contributed by atoms with van der Waals surface area (Å²) in [6, 6.07) is 0. The molecule has 0 heterocycles. The first kappa shape index (κ1) is 12.5. The first-order chi connectivity index (χ1) is 6.24. The highest BCUT2D eigenvalue weighted by Crippen LogP contribution is 2.19. The van der Waals surface area contributed by atoms with Gasteiger partial charge in [-0.15, -0.1) is 5.73 Å². The summed E-state index contributed by atoms with van der Waals surface area (Å²) in [6.45, 7) is 8.91. The predicted octanol–water partition coefficient (Wildman–Crippen LogP) is 4.57. The Labute approximate surface area is 83.7 Å². The van der Waals surface area contributed by atoms with Crippen LogP contribution in [-0.2, 0) is 0 Å². The molecule has 0 aromatic heterocycles. The summed E-state index contributed by atoms with van der Waals surface area (Å²) < 4.78 is 0. The second kappa shape index (κ2) is 8.13. The minimum atomic E-state index is 0.734. The number of hydrogen-bond donors (Lipinski definition) is 0. The minimum absolute atomic E-state index is 0.734. The van der Waals surface area contributed by atoms with Crippen molar-refractivity contribution >= 4 is 0 Å². The van der Waals surface area contributed by atoms with E-state index in [1.807, 2.05) is 13.0 Å². The van der Waals surface area contributed by atoms with Gasteiger partial charge in [0.25, 0.3) is 0 Å². The van der Waals surface area contributed by atoms with Gasteiger partial charge >= 0.3 is 0 Å². The van der Waals surface area contributed by atoms with Gasteiger partial charge in [0.15, 0.2) is 0 Å². The molecule has 0 N–H and O–H groups in total. The summed E-state index contributed by atoms with van der Waals surface area (Å²) >= 11 is 0. The Morgan fingerprint density at radius 2 is 2.00 bits per heavy atom. The van der Waals surface area contributed by atoms with E-state index in [4.69, 9.17) is 0 Å². The van der Waals surface area contributed by atoms with Crippen LogP contribution < -0.4 is 0 Å². The molecule has 0 rings (SSSR count). The lowest BCUT2D eigenvalue weighted by molar-refractivity contribution is 0.411. The fraction of sp³-hybridized carbons (Fsp3) is 0.769. The van der Waals surface area contributed by atoms with Crippen molar-refractivity contribution in [1.82, 2.24) is 0 Å². The van der Waals surface area contributed by atoms with Crippen molar-refractivity contribution in [3.05, 3.63) is 17.9 Å². The molecule has 2 unspecified atom stereocenters. The highest BCUT2D eigenvalue weighted by atomic mass is 14.1. The standard InChI is InChI=1S/C13H24/c1-5-8-10-13(7-3)11-12(4)9-6-2/h5,10,12-13H,6-7,9,11H2,1-4H3. The van der Waals surface area contributed by atoms with Crippen LogP contribution >= 0.6 is 0 Å². The molecule has 76 valence electrons. The highest BCUT2D eigenvalue weighted by Gasteiger charge is 2.07. The molecule has 0 saturated carbocycles. The zero-order valence-electron chi connectivity index (χ0n) is 9.64. The van der Waals surface area contributed by atoms with Gasteiger partial charge in [0.2, 0.25) is 0 Å². The molecule has 0 spiro atoms. The van der Waals surface area contributed by atoms with Crippen LogP contribution in [0.15, 0.2) is 17.9 Å². The van der Waals surface area contributed by atoms with Crippen LogP contribution in [0.1, 0.15) is 53.4 Å². The molecule has 13 heavy (non-hydrogen) atoms. The van der Waals surface area contributed by atoms with Crippen LogP contribution in [0.25, 0.3) is 0 Å². The van der Waals surface area contributed by atoms with Gasteiger partial charge in [-0.25, -0.2) is 0 Å². The van der Waals surface area contributed by atoms with E-state index in [1.54, 1.807) is 0 Å². The maximum Gasteiger partial charge on any atom is -0.0158 e. The molecule has 0 aliphatic carbocycles. The molecule has 0 aromatic carbocycles. The summed E-state index contributed by atoms with van der Waals surface area (Å²) in [5.74, 6) is 1.60.